The first-order valence-corrected chi connectivity index (χ1v) is 7.87. The second kappa shape index (κ2) is 7.05. The number of hydrogen-bond acceptors (Lipinski definition) is 3. The Balaban J connectivity index is 2.61. The van der Waals surface area contributed by atoms with Crippen molar-refractivity contribution < 1.29 is 0 Å². The van der Waals surface area contributed by atoms with Crippen LogP contribution in [-0.2, 0) is 0 Å². The average molecular weight is 269 g/mol. The van der Waals surface area contributed by atoms with Crippen molar-refractivity contribution in [2.75, 3.05) is 40.8 Å². The third-order valence-electron chi connectivity index (χ3n) is 4.91. The van der Waals surface area contributed by atoms with Gasteiger partial charge in [-0.1, -0.05) is 20.8 Å². The Morgan fingerprint density at radius 2 is 1.95 bits per heavy atom. The highest BCUT2D eigenvalue weighted by molar-refractivity contribution is 4.96. The molecule has 1 rings (SSSR count). The molecule has 0 bridgehead atoms. The number of rotatable bonds is 7. The Morgan fingerprint density at radius 1 is 1.32 bits per heavy atom. The van der Waals surface area contributed by atoms with E-state index < -0.39 is 0 Å². The van der Waals surface area contributed by atoms with Crippen molar-refractivity contribution in [3.63, 3.8) is 0 Å². The van der Waals surface area contributed by atoms with Gasteiger partial charge >= 0.3 is 0 Å². The van der Waals surface area contributed by atoms with Gasteiger partial charge in [-0.15, -0.1) is 0 Å². The molecule has 0 radical (unpaired) electrons. The van der Waals surface area contributed by atoms with E-state index in [1.807, 2.05) is 0 Å². The summed E-state index contributed by atoms with van der Waals surface area (Å²) in [4.78, 5) is 4.94. The van der Waals surface area contributed by atoms with E-state index in [-0.39, 0.29) is 0 Å². The molecule has 0 amide bonds. The Bertz CT molecular complexity index is 263. The van der Waals surface area contributed by atoms with Crippen LogP contribution in [0.3, 0.4) is 0 Å². The van der Waals surface area contributed by atoms with Crippen LogP contribution in [0.15, 0.2) is 0 Å². The summed E-state index contributed by atoms with van der Waals surface area (Å²) < 4.78 is 0. The van der Waals surface area contributed by atoms with E-state index >= 15 is 0 Å². The predicted molar refractivity (Wildman–Crippen MR) is 84.6 cm³/mol. The Hall–Kier alpha value is -0.120. The maximum atomic E-state index is 3.58. The van der Waals surface area contributed by atoms with Gasteiger partial charge in [0, 0.05) is 25.2 Å². The first kappa shape index (κ1) is 16.9. The molecule has 1 aliphatic carbocycles. The van der Waals surface area contributed by atoms with Crippen molar-refractivity contribution in [2.45, 2.75) is 52.6 Å². The molecular formula is C16H35N3. The summed E-state index contributed by atoms with van der Waals surface area (Å²) in [5, 5.41) is 3.58. The van der Waals surface area contributed by atoms with Crippen LogP contribution < -0.4 is 5.32 Å². The van der Waals surface area contributed by atoms with Gasteiger partial charge in [-0.2, -0.15) is 0 Å². The molecule has 1 saturated carbocycles. The molecule has 1 aliphatic rings. The third-order valence-corrected chi connectivity index (χ3v) is 4.91. The highest BCUT2D eigenvalue weighted by Crippen LogP contribution is 2.41. The van der Waals surface area contributed by atoms with Gasteiger partial charge in [0.25, 0.3) is 0 Å². The van der Waals surface area contributed by atoms with Crippen LogP contribution in [0.5, 0.6) is 0 Å². The van der Waals surface area contributed by atoms with Gasteiger partial charge in [-0.3, -0.25) is 4.90 Å². The smallest absolute Gasteiger partial charge is 0.0194 e. The molecule has 0 aromatic rings. The van der Waals surface area contributed by atoms with Crippen molar-refractivity contribution in [3.8, 4) is 0 Å². The fourth-order valence-electron chi connectivity index (χ4n) is 3.91. The molecular weight excluding hydrogens is 234 g/mol. The summed E-state index contributed by atoms with van der Waals surface area (Å²) in [7, 11) is 6.46. The molecule has 3 unspecified atom stereocenters. The number of likely N-dealkylation sites (N-methyl/N-ethyl adjacent to an activating group) is 2. The Morgan fingerprint density at radius 3 is 2.42 bits per heavy atom. The van der Waals surface area contributed by atoms with Crippen molar-refractivity contribution in [1.82, 2.24) is 15.1 Å². The normalized spacial score (nSPS) is 28.3. The molecule has 3 heteroatoms. The molecule has 1 N–H and O–H groups in total. The summed E-state index contributed by atoms with van der Waals surface area (Å²) in [5.74, 6) is 0.796. The van der Waals surface area contributed by atoms with Gasteiger partial charge in [0.2, 0.25) is 0 Å². The first-order chi connectivity index (χ1) is 8.81. The number of nitrogens with one attached hydrogen (secondary N) is 1. The second-order valence-corrected chi connectivity index (χ2v) is 7.25. The fourth-order valence-corrected chi connectivity index (χ4v) is 3.91. The molecule has 114 valence electrons. The van der Waals surface area contributed by atoms with Crippen LogP contribution >= 0.6 is 0 Å². The van der Waals surface area contributed by atoms with Gasteiger partial charge in [0.15, 0.2) is 0 Å². The molecule has 0 heterocycles. The molecule has 3 nitrogen and oxygen atoms in total. The first-order valence-electron chi connectivity index (χ1n) is 7.87. The highest BCUT2D eigenvalue weighted by Gasteiger charge is 2.41. The molecule has 0 saturated heterocycles. The van der Waals surface area contributed by atoms with Gasteiger partial charge < -0.3 is 10.2 Å². The summed E-state index contributed by atoms with van der Waals surface area (Å²) in [6.45, 7) is 13.0. The molecule has 0 aliphatic heterocycles. The fraction of sp³-hybridized carbons (Fsp3) is 1.00. The predicted octanol–water partition coefficient (Wildman–Crippen LogP) is 2.28. The SMILES string of the molecule is CCN(CC1CCC(C)(C)C1NC)C(C)CN(C)C. The minimum atomic E-state index is 0.448. The lowest BCUT2D eigenvalue weighted by molar-refractivity contribution is 0.139. The summed E-state index contributed by atoms with van der Waals surface area (Å²) in [6, 6.07) is 1.30. The van der Waals surface area contributed by atoms with Crippen LogP contribution in [0.2, 0.25) is 0 Å². The lowest BCUT2D eigenvalue weighted by Gasteiger charge is -2.36. The number of nitrogens with zero attached hydrogens (tertiary/aromatic N) is 2. The zero-order chi connectivity index (χ0) is 14.6. The molecule has 19 heavy (non-hydrogen) atoms. The standard InChI is InChI=1S/C16H35N3/c1-8-19(13(2)11-18(6)7)12-14-9-10-16(3,4)15(14)17-5/h13-15,17H,8-12H2,1-7H3. The van der Waals surface area contributed by atoms with Crippen LogP contribution in [0, 0.1) is 11.3 Å². The van der Waals surface area contributed by atoms with E-state index in [0.29, 0.717) is 17.5 Å². The monoisotopic (exact) mass is 269 g/mol. The van der Waals surface area contributed by atoms with Gasteiger partial charge in [-0.05, 0) is 58.8 Å². The van der Waals surface area contributed by atoms with E-state index in [4.69, 9.17) is 0 Å². The van der Waals surface area contributed by atoms with Crippen LogP contribution in [0.1, 0.15) is 40.5 Å². The van der Waals surface area contributed by atoms with Crippen molar-refractivity contribution in [3.05, 3.63) is 0 Å². The second-order valence-electron chi connectivity index (χ2n) is 7.25. The molecule has 0 aromatic carbocycles. The zero-order valence-electron chi connectivity index (χ0n) is 14.2. The minimum Gasteiger partial charge on any atom is -0.316 e. The van der Waals surface area contributed by atoms with Gasteiger partial charge in [0.1, 0.15) is 0 Å². The zero-order valence-corrected chi connectivity index (χ0v) is 14.2. The van der Waals surface area contributed by atoms with Crippen molar-refractivity contribution in [2.24, 2.45) is 11.3 Å². The van der Waals surface area contributed by atoms with Crippen LogP contribution in [0.4, 0.5) is 0 Å². The van der Waals surface area contributed by atoms with Gasteiger partial charge in [-0.25, -0.2) is 0 Å². The average Bonchev–Trinajstić information content (AvgIpc) is 2.59. The minimum absolute atomic E-state index is 0.448. The lowest BCUT2D eigenvalue weighted by atomic mass is 9.84. The van der Waals surface area contributed by atoms with E-state index in [1.165, 1.54) is 19.4 Å². The quantitative estimate of drug-likeness (QED) is 0.765. The number of hydrogen-bond donors (Lipinski definition) is 1. The molecule has 1 fully saturated rings. The summed E-state index contributed by atoms with van der Waals surface area (Å²) in [5.41, 5.74) is 0.448. The summed E-state index contributed by atoms with van der Waals surface area (Å²) >= 11 is 0. The maximum Gasteiger partial charge on any atom is 0.0194 e. The highest BCUT2D eigenvalue weighted by atomic mass is 15.2. The van der Waals surface area contributed by atoms with E-state index in [2.05, 4.69) is 64.0 Å². The largest absolute Gasteiger partial charge is 0.316 e. The van der Waals surface area contributed by atoms with E-state index in [9.17, 15) is 0 Å². The van der Waals surface area contributed by atoms with Crippen molar-refractivity contribution >= 4 is 0 Å². The van der Waals surface area contributed by atoms with Crippen molar-refractivity contribution in [1.29, 1.82) is 0 Å². The molecule has 0 aromatic heterocycles. The third kappa shape index (κ3) is 4.44. The maximum absolute atomic E-state index is 3.58. The van der Waals surface area contributed by atoms with Crippen LogP contribution in [0.25, 0.3) is 0 Å². The molecule has 0 spiro atoms. The van der Waals surface area contributed by atoms with Crippen LogP contribution in [-0.4, -0.2) is 62.7 Å². The Labute approximate surface area is 120 Å². The lowest BCUT2D eigenvalue weighted by Crippen LogP contribution is -2.47. The Kier molecular flexibility index (Phi) is 6.28. The topological polar surface area (TPSA) is 18.5 Å². The van der Waals surface area contributed by atoms with E-state index in [0.717, 1.165) is 19.0 Å². The summed E-state index contributed by atoms with van der Waals surface area (Å²) in [6.07, 6.45) is 2.71. The van der Waals surface area contributed by atoms with E-state index in [1.54, 1.807) is 0 Å². The molecule has 3 atom stereocenters. The van der Waals surface area contributed by atoms with Gasteiger partial charge in [0.05, 0.1) is 0 Å².